The second kappa shape index (κ2) is 18.9. The average Bonchev–Trinajstić information content (AvgIpc) is 3.18. The van der Waals surface area contributed by atoms with Gasteiger partial charge in [-0.15, -0.1) is 0 Å². The summed E-state index contributed by atoms with van der Waals surface area (Å²) in [6.07, 6.45) is 10.2. The van der Waals surface area contributed by atoms with Crippen LogP contribution in [0.1, 0.15) is 98.8 Å². The van der Waals surface area contributed by atoms with E-state index in [0.717, 1.165) is 136 Å². The molecule has 0 aliphatic heterocycles. The van der Waals surface area contributed by atoms with Crippen molar-refractivity contribution in [2.45, 2.75) is 98.8 Å². The van der Waals surface area contributed by atoms with Crippen molar-refractivity contribution in [3.05, 3.63) is 78.9 Å². The molecule has 0 spiro atoms. The molecule has 0 aliphatic carbocycles. The molecule has 0 N–H and O–H groups in total. The fourth-order valence-electron chi connectivity index (χ4n) is 6.93. The van der Waals surface area contributed by atoms with Crippen LogP contribution in [0.5, 0.6) is 28.7 Å². The Morgan fingerprint density at radius 2 is 0.943 bits per heavy atom. The predicted molar refractivity (Wildman–Crippen MR) is 224 cm³/mol. The maximum Gasteiger partial charge on any atom is 0.169 e. The van der Waals surface area contributed by atoms with E-state index in [1.807, 2.05) is 0 Å². The van der Waals surface area contributed by atoms with Crippen LogP contribution in [0.15, 0.2) is 78.9 Å². The van der Waals surface area contributed by atoms with Gasteiger partial charge in [-0.2, -0.15) is 0 Å². The summed E-state index contributed by atoms with van der Waals surface area (Å²) in [5.74, 6) is 3.99. The monoisotopic (exact) mass is 714 g/mol. The molecular weight excluding hydrogens is 657 g/mol. The highest BCUT2D eigenvalue weighted by molar-refractivity contribution is 6.30. The number of fused-ring (bicyclic) bond motifs is 7. The lowest BCUT2D eigenvalue weighted by Gasteiger charge is -2.22. The van der Waals surface area contributed by atoms with Gasteiger partial charge < -0.3 is 23.7 Å². The van der Waals surface area contributed by atoms with Crippen molar-refractivity contribution >= 4 is 43.1 Å². The highest BCUT2D eigenvalue weighted by Crippen LogP contribution is 2.50. The third-order valence-corrected chi connectivity index (χ3v) is 9.98. The summed E-state index contributed by atoms with van der Waals surface area (Å²) in [7, 11) is 0. The maximum atomic E-state index is 6.80. The van der Waals surface area contributed by atoms with Crippen LogP contribution in [0.3, 0.4) is 0 Å². The molecule has 280 valence electrons. The van der Waals surface area contributed by atoms with E-state index >= 15 is 0 Å². The first-order chi connectivity index (χ1) is 26.1. The zero-order chi connectivity index (χ0) is 37.0. The first kappa shape index (κ1) is 38.1. The van der Waals surface area contributed by atoms with Gasteiger partial charge in [0.15, 0.2) is 23.0 Å². The SMILES string of the molecule is CCCCOc1cc(-c2ccc3ccccc3c2)c2c(c1)c1cc(OCCCC)c(OCCCC)cc1c1c(OCCCC)c(OCCCC)ccc21. The quantitative estimate of drug-likeness (QED) is 0.0549. The zero-order valence-electron chi connectivity index (χ0n) is 32.7. The lowest BCUT2D eigenvalue weighted by Crippen LogP contribution is -2.05. The fourth-order valence-corrected chi connectivity index (χ4v) is 6.93. The smallest absolute Gasteiger partial charge is 0.169 e. The number of benzene rings is 6. The molecule has 6 rings (SSSR count). The first-order valence-electron chi connectivity index (χ1n) is 20.3. The lowest BCUT2D eigenvalue weighted by atomic mass is 9.88. The van der Waals surface area contributed by atoms with Gasteiger partial charge in [-0.1, -0.05) is 103 Å². The summed E-state index contributed by atoms with van der Waals surface area (Å²) >= 11 is 0. The number of hydrogen-bond donors (Lipinski definition) is 0. The van der Waals surface area contributed by atoms with Crippen LogP contribution < -0.4 is 23.7 Å². The third kappa shape index (κ3) is 8.78. The summed E-state index contributed by atoms with van der Waals surface area (Å²) < 4.78 is 32.9. The summed E-state index contributed by atoms with van der Waals surface area (Å²) in [4.78, 5) is 0. The summed E-state index contributed by atoms with van der Waals surface area (Å²) in [6.45, 7) is 14.1. The number of unbranched alkanes of at least 4 members (excludes halogenated alkanes) is 5. The van der Waals surface area contributed by atoms with Crippen LogP contribution in [-0.2, 0) is 0 Å². The minimum Gasteiger partial charge on any atom is -0.494 e. The topological polar surface area (TPSA) is 46.2 Å². The standard InChI is InChI=1S/C48H58O5/c1-6-11-24-49-37-30-39(36-21-20-34-18-16-17-19-35(34)29-36)46-38-22-23-43(50-25-12-7-2)48(53-28-15-10-5)47(38)42-33-45(52-27-14-9-4)44(51-26-13-8-3)32-40(42)41(46)31-37/h16-23,29-33H,6-15,24-28H2,1-5H3. The molecule has 0 aromatic heterocycles. The van der Waals surface area contributed by atoms with Crippen LogP contribution in [0.2, 0.25) is 0 Å². The Labute approximate surface area is 316 Å². The van der Waals surface area contributed by atoms with Crippen LogP contribution in [0.25, 0.3) is 54.2 Å². The van der Waals surface area contributed by atoms with Gasteiger partial charge in [0, 0.05) is 5.39 Å². The van der Waals surface area contributed by atoms with Gasteiger partial charge in [-0.05, 0) is 123 Å². The minimum absolute atomic E-state index is 0.610. The van der Waals surface area contributed by atoms with Gasteiger partial charge in [0.1, 0.15) is 5.75 Å². The van der Waals surface area contributed by atoms with E-state index in [0.29, 0.717) is 33.0 Å². The van der Waals surface area contributed by atoms with Crippen molar-refractivity contribution in [3.8, 4) is 39.9 Å². The van der Waals surface area contributed by atoms with Crippen LogP contribution >= 0.6 is 0 Å². The molecule has 0 atom stereocenters. The summed E-state index contributed by atoms with van der Waals surface area (Å²) in [5, 5.41) is 8.99. The molecule has 0 unspecified atom stereocenters. The second-order valence-corrected chi connectivity index (χ2v) is 14.1. The molecule has 0 heterocycles. The van der Waals surface area contributed by atoms with E-state index in [1.54, 1.807) is 0 Å². The van der Waals surface area contributed by atoms with Crippen molar-refractivity contribution in [2.75, 3.05) is 33.0 Å². The minimum atomic E-state index is 0.610. The van der Waals surface area contributed by atoms with E-state index in [2.05, 4.69) is 113 Å². The Balaban J connectivity index is 1.74. The molecule has 5 heteroatoms. The Bertz CT molecular complexity index is 2110. The van der Waals surface area contributed by atoms with Crippen LogP contribution in [0.4, 0.5) is 0 Å². The molecule has 0 radical (unpaired) electrons. The second-order valence-electron chi connectivity index (χ2n) is 14.1. The van der Waals surface area contributed by atoms with Gasteiger partial charge in [-0.3, -0.25) is 0 Å². The largest absolute Gasteiger partial charge is 0.494 e. The lowest BCUT2D eigenvalue weighted by molar-refractivity contribution is 0.262. The average molecular weight is 715 g/mol. The normalized spacial score (nSPS) is 11.5. The van der Waals surface area contributed by atoms with Crippen molar-refractivity contribution in [3.63, 3.8) is 0 Å². The van der Waals surface area contributed by atoms with Crippen LogP contribution in [-0.4, -0.2) is 33.0 Å². The van der Waals surface area contributed by atoms with E-state index in [-0.39, 0.29) is 0 Å². The molecule has 53 heavy (non-hydrogen) atoms. The number of hydrogen-bond acceptors (Lipinski definition) is 5. The Morgan fingerprint density at radius 1 is 0.396 bits per heavy atom. The van der Waals surface area contributed by atoms with Crippen molar-refractivity contribution in [1.29, 1.82) is 0 Å². The molecule has 0 saturated carbocycles. The molecule has 0 saturated heterocycles. The number of ether oxygens (including phenoxy) is 5. The maximum absolute atomic E-state index is 6.80. The van der Waals surface area contributed by atoms with Gasteiger partial charge in [0.2, 0.25) is 0 Å². The molecule has 0 bridgehead atoms. The highest BCUT2D eigenvalue weighted by Gasteiger charge is 2.23. The van der Waals surface area contributed by atoms with E-state index in [4.69, 9.17) is 23.7 Å². The molecule has 0 aliphatic rings. The zero-order valence-corrected chi connectivity index (χ0v) is 32.7. The van der Waals surface area contributed by atoms with Gasteiger partial charge in [0.05, 0.1) is 33.0 Å². The summed E-state index contributed by atoms with van der Waals surface area (Å²) in [6, 6.07) is 28.5. The molecule has 6 aromatic rings. The van der Waals surface area contributed by atoms with E-state index in [9.17, 15) is 0 Å². The van der Waals surface area contributed by atoms with Gasteiger partial charge in [0.25, 0.3) is 0 Å². The molecule has 0 amide bonds. The molecule has 5 nitrogen and oxygen atoms in total. The van der Waals surface area contributed by atoms with Crippen molar-refractivity contribution < 1.29 is 23.7 Å². The van der Waals surface area contributed by atoms with E-state index < -0.39 is 0 Å². The highest BCUT2D eigenvalue weighted by atomic mass is 16.5. The Kier molecular flexibility index (Phi) is 13.6. The van der Waals surface area contributed by atoms with Crippen molar-refractivity contribution in [2.24, 2.45) is 0 Å². The molecule has 0 fully saturated rings. The fraction of sp³-hybridized carbons (Fsp3) is 0.417. The van der Waals surface area contributed by atoms with Crippen LogP contribution in [0, 0.1) is 0 Å². The molecule has 6 aromatic carbocycles. The van der Waals surface area contributed by atoms with Crippen molar-refractivity contribution in [1.82, 2.24) is 0 Å². The Morgan fingerprint density at radius 3 is 1.58 bits per heavy atom. The summed E-state index contributed by atoms with van der Waals surface area (Å²) in [5.41, 5.74) is 2.27. The number of rotatable bonds is 21. The van der Waals surface area contributed by atoms with Gasteiger partial charge in [-0.25, -0.2) is 0 Å². The van der Waals surface area contributed by atoms with Gasteiger partial charge >= 0.3 is 0 Å². The Hall–Kier alpha value is -4.64. The van der Waals surface area contributed by atoms with E-state index in [1.165, 1.54) is 10.8 Å². The molecular formula is C48H58O5. The predicted octanol–water partition coefficient (Wildman–Crippen LogP) is 13.9. The third-order valence-electron chi connectivity index (χ3n) is 9.98. The first-order valence-corrected chi connectivity index (χ1v) is 20.3.